The fourth-order valence-electron chi connectivity index (χ4n) is 2.73. The number of nitrogens with two attached hydrogens (primary N) is 1. The normalized spacial score (nSPS) is 23.5. The van der Waals surface area contributed by atoms with Crippen LogP contribution >= 0.6 is 11.6 Å². The average molecular weight is 276 g/mol. The molecule has 1 aliphatic carbocycles. The molecular formula is C15H18ClN3. The lowest BCUT2D eigenvalue weighted by molar-refractivity contribution is 0.411. The van der Waals surface area contributed by atoms with E-state index in [1.54, 1.807) is 0 Å². The van der Waals surface area contributed by atoms with Crippen LogP contribution in [0.15, 0.2) is 30.5 Å². The third-order valence-corrected chi connectivity index (χ3v) is 4.07. The van der Waals surface area contributed by atoms with E-state index < -0.39 is 0 Å². The minimum Gasteiger partial charge on any atom is -0.382 e. The van der Waals surface area contributed by atoms with Crippen LogP contribution in [-0.2, 0) is 0 Å². The third-order valence-electron chi connectivity index (χ3n) is 3.84. The number of nitrogens with one attached hydrogen (secondary N) is 1. The lowest BCUT2D eigenvalue weighted by Gasteiger charge is -2.28. The zero-order chi connectivity index (χ0) is 13.2. The molecule has 0 spiro atoms. The van der Waals surface area contributed by atoms with Gasteiger partial charge in [0.2, 0.25) is 0 Å². The maximum atomic E-state index is 6.00. The maximum absolute atomic E-state index is 6.00. The van der Waals surface area contributed by atoms with Crippen LogP contribution in [0.3, 0.4) is 0 Å². The van der Waals surface area contributed by atoms with Crippen LogP contribution in [0.1, 0.15) is 25.7 Å². The number of benzene rings is 1. The topological polar surface area (TPSA) is 50.9 Å². The maximum Gasteiger partial charge on any atom is 0.0737 e. The third kappa shape index (κ3) is 2.82. The SMILES string of the molecule is N[C@H]1CC[C@H](Nc2ccnc3cc(Cl)ccc23)CC1. The minimum absolute atomic E-state index is 0.381. The van der Waals surface area contributed by atoms with Crippen molar-refractivity contribution in [3.8, 4) is 0 Å². The van der Waals surface area contributed by atoms with Crippen molar-refractivity contribution in [2.75, 3.05) is 5.32 Å². The van der Waals surface area contributed by atoms with Crippen LogP contribution < -0.4 is 11.1 Å². The number of hydrogen-bond donors (Lipinski definition) is 2. The Hall–Kier alpha value is -1.32. The van der Waals surface area contributed by atoms with Gasteiger partial charge in [-0.05, 0) is 49.9 Å². The van der Waals surface area contributed by atoms with Crippen molar-refractivity contribution in [1.82, 2.24) is 4.98 Å². The number of fused-ring (bicyclic) bond motifs is 1. The summed E-state index contributed by atoms with van der Waals surface area (Å²) in [5.74, 6) is 0. The first-order valence-corrected chi connectivity index (χ1v) is 7.16. The first-order valence-electron chi connectivity index (χ1n) is 6.79. The van der Waals surface area contributed by atoms with Gasteiger partial charge in [0.1, 0.15) is 0 Å². The lowest BCUT2D eigenvalue weighted by atomic mass is 9.91. The van der Waals surface area contributed by atoms with E-state index in [9.17, 15) is 0 Å². The molecule has 1 aliphatic rings. The van der Waals surface area contributed by atoms with Crippen molar-refractivity contribution >= 4 is 28.2 Å². The smallest absolute Gasteiger partial charge is 0.0737 e. The number of hydrogen-bond acceptors (Lipinski definition) is 3. The zero-order valence-electron chi connectivity index (χ0n) is 10.8. The van der Waals surface area contributed by atoms with E-state index in [1.807, 2.05) is 30.5 Å². The summed E-state index contributed by atoms with van der Waals surface area (Å²) < 4.78 is 0. The molecule has 0 amide bonds. The Morgan fingerprint density at radius 3 is 2.74 bits per heavy atom. The van der Waals surface area contributed by atoms with Gasteiger partial charge < -0.3 is 11.1 Å². The van der Waals surface area contributed by atoms with E-state index >= 15 is 0 Å². The molecule has 1 aromatic heterocycles. The number of aromatic nitrogens is 1. The monoisotopic (exact) mass is 275 g/mol. The van der Waals surface area contributed by atoms with Gasteiger partial charge in [0, 0.05) is 34.4 Å². The Balaban J connectivity index is 1.84. The highest BCUT2D eigenvalue weighted by Crippen LogP contribution is 2.27. The molecular weight excluding hydrogens is 258 g/mol. The molecule has 1 fully saturated rings. The van der Waals surface area contributed by atoms with E-state index in [2.05, 4.69) is 10.3 Å². The van der Waals surface area contributed by atoms with Crippen molar-refractivity contribution in [2.45, 2.75) is 37.8 Å². The molecule has 0 saturated heterocycles. The van der Waals surface area contributed by atoms with Gasteiger partial charge in [0.15, 0.2) is 0 Å². The first kappa shape index (κ1) is 12.7. The van der Waals surface area contributed by atoms with E-state index in [0.717, 1.165) is 47.3 Å². The van der Waals surface area contributed by atoms with Gasteiger partial charge in [-0.2, -0.15) is 0 Å². The standard InChI is InChI=1S/C15H18ClN3/c16-10-1-6-13-14(7-8-18-15(13)9-10)19-12-4-2-11(17)3-5-12/h1,6-9,11-12H,2-5,17H2,(H,18,19)/t11-,12-. The van der Waals surface area contributed by atoms with Crippen molar-refractivity contribution in [1.29, 1.82) is 0 Å². The second kappa shape index (κ2) is 5.35. The van der Waals surface area contributed by atoms with Gasteiger partial charge in [0.25, 0.3) is 0 Å². The molecule has 0 aliphatic heterocycles. The molecule has 2 aromatic rings. The Bertz CT molecular complexity index is 577. The van der Waals surface area contributed by atoms with Gasteiger partial charge in [-0.3, -0.25) is 4.98 Å². The van der Waals surface area contributed by atoms with Gasteiger partial charge in [-0.25, -0.2) is 0 Å². The van der Waals surface area contributed by atoms with Crippen LogP contribution in [0, 0.1) is 0 Å². The molecule has 100 valence electrons. The van der Waals surface area contributed by atoms with Crippen molar-refractivity contribution in [2.24, 2.45) is 5.73 Å². The van der Waals surface area contributed by atoms with Crippen molar-refractivity contribution < 1.29 is 0 Å². The number of rotatable bonds is 2. The highest BCUT2D eigenvalue weighted by molar-refractivity contribution is 6.31. The first-order chi connectivity index (χ1) is 9.22. The Labute approximate surface area is 118 Å². The summed E-state index contributed by atoms with van der Waals surface area (Å²) in [6.07, 6.45) is 6.31. The Morgan fingerprint density at radius 1 is 1.16 bits per heavy atom. The summed E-state index contributed by atoms with van der Waals surface area (Å²) in [6.45, 7) is 0. The molecule has 0 radical (unpaired) electrons. The molecule has 4 heteroatoms. The van der Waals surface area contributed by atoms with Gasteiger partial charge in [-0.15, -0.1) is 0 Å². The fourth-order valence-corrected chi connectivity index (χ4v) is 2.90. The summed E-state index contributed by atoms with van der Waals surface area (Å²) in [4.78, 5) is 4.36. The molecule has 0 bridgehead atoms. The highest BCUT2D eigenvalue weighted by Gasteiger charge is 2.18. The second-order valence-electron chi connectivity index (χ2n) is 5.28. The largest absolute Gasteiger partial charge is 0.382 e. The Morgan fingerprint density at radius 2 is 1.95 bits per heavy atom. The van der Waals surface area contributed by atoms with Crippen LogP contribution in [0.2, 0.25) is 5.02 Å². The predicted molar refractivity (Wildman–Crippen MR) is 80.6 cm³/mol. The fraction of sp³-hybridized carbons (Fsp3) is 0.400. The quantitative estimate of drug-likeness (QED) is 0.881. The molecule has 3 N–H and O–H groups in total. The van der Waals surface area contributed by atoms with E-state index in [4.69, 9.17) is 17.3 Å². The molecule has 1 saturated carbocycles. The molecule has 0 unspecified atom stereocenters. The number of halogens is 1. The summed E-state index contributed by atoms with van der Waals surface area (Å²) in [6, 6.07) is 8.77. The number of nitrogens with zero attached hydrogens (tertiary/aromatic N) is 1. The summed E-state index contributed by atoms with van der Waals surface area (Å²) in [5, 5.41) is 5.47. The zero-order valence-corrected chi connectivity index (χ0v) is 11.5. The van der Waals surface area contributed by atoms with E-state index in [1.165, 1.54) is 0 Å². The molecule has 3 nitrogen and oxygen atoms in total. The molecule has 0 atom stereocenters. The van der Waals surface area contributed by atoms with Crippen LogP contribution in [-0.4, -0.2) is 17.1 Å². The van der Waals surface area contributed by atoms with E-state index in [-0.39, 0.29) is 0 Å². The van der Waals surface area contributed by atoms with Gasteiger partial charge in [-0.1, -0.05) is 11.6 Å². The van der Waals surface area contributed by atoms with Crippen LogP contribution in [0.4, 0.5) is 5.69 Å². The predicted octanol–water partition coefficient (Wildman–Crippen LogP) is 3.57. The number of anilines is 1. The van der Waals surface area contributed by atoms with E-state index in [0.29, 0.717) is 12.1 Å². The minimum atomic E-state index is 0.381. The molecule has 19 heavy (non-hydrogen) atoms. The van der Waals surface area contributed by atoms with Crippen LogP contribution in [0.25, 0.3) is 10.9 Å². The van der Waals surface area contributed by atoms with Gasteiger partial charge >= 0.3 is 0 Å². The van der Waals surface area contributed by atoms with Crippen molar-refractivity contribution in [3.63, 3.8) is 0 Å². The average Bonchev–Trinajstić information content (AvgIpc) is 2.41. The molecule has 1 aromatic carbocycles. The number of pyridine rings is 1. The summed E-state index contributed by atoms with van der Waals surface area (Å²) in [5.41, 5.74) is 8.02. The van der Waals surface area contributed by atoms with Crippen molar-refractivity contribution in [3.05, 3.63) is 35.5 Å². The molecule has 3 rings (SSSR count). The van der Waals surface area contributed by atoms with Crippen LogP contribution in [0.5, 0.6) is 0 Å². The summed E-state index contributed by atoms with van der Waals surface area (Å²) >= 11 is 6.00. The lowest BCUT2D eigenvalue weighted by Crippen LogP contribution is -2.32. The summed E-state index contributed by atoms with van der Waals surface area (Å²) in [7, 11) is 0. The molecule has 1 heterocycles. The van der Waals surface area contributed by atoms with Gasteiger partial charge in [0.05, 0.1) is 5.52 Å². The Kier molecular flexibility index (Phi) is 3.58. The second-order valence-corrected chi connectivity index (χ2v) is 5.71. The highest BCUT2D eigenvalue weighted by atomic mass is 35.5.